The van der Waals surface area contributed by atoms with Gasteiger partial charge in [-0.15, -0.1) is 0 Å². The minimum Gasteiger partial charge on any atom is -0.377 e. The molecule has 1 amide bonds. The number of ether oxygens (including phenoxy) is 1. The van der Waals surface area contributed by atoms with Crippen LogP contribution in [-0.4, -0.2) is 37.7 Å². The van der Waals surface area contributed by atoms with Crippen LogP contribution in [0.3, 0.4) is 0 Å². The van der Waals surface area contributed by atoms with Crippen LogP contribution >= 0.6 is 0 Å². The summed E-state index contributed by atoms with van der Waals surface area (Å²) in [6.07, 6.45) is 8.49. The number of carbonyl (C=O) groups is 1. The summed E-state index contributed by atoms with van der Waals surface area (Å²) >= 11 is 0. The molecular formula is C13H24N2O2. The van der Waals surface area contributed by atoms with Crippen molar-refractivity contribution >= 4 is 5.91 Å². The van der Waals surface area contributed by atoms with Crippen molar-refractivity contribution in [3.8, 4) is 0 Å². The first kappa shape index (κ1) is 12.8. The quantitative estimate of drug-likeness (QED) is 0.627. The molecule has 0 aromatic heterocycles. The molecular weight excluding hydrogens is 216 g/mol. The van der Waals surface area contributed by atoms with Gasteiger partial charge in [-0.25, -0.2) is 0 Å². The fourth-order valence-corrected chi connectivity index (χ4v) is 2.21. The van der Waals surface area contributed by atoms with Gasteiger partial charge in [-0.05, 0) is 25.7 Å². The van der Waals surface area contributed by atoms with Crippen LogP contribution in [0, 0.1) is 0 Å². The Balaban J connectivity index is 1.36. The van der Waals surface area contributed by atoms with Crippen molar-refractivity contribution in [2.24, 2.45) is 0 Å². The second kappa shape index (κ2) is 6.97. The van der Waals surface area contributed by atoms with Gasteiger partial charge in [0, 0.05) is 25.6 Å². The molecule has 0 aliphatic heterocycles. The Hall–Kier alpha value is -0.610. The molecule has 98 valence electrons. The molecule has 2 fully saturated rings. The lowest BCUT2D eigenvalue weighted by Crippen LogP contribution is -2.30. The molecule has 0 atom stereocenters. The molecule has 4 nitrogen and oxygen atoms in total. The zero-order valence-corrected chi connectivity index (χ0v) is 10.5. The van der Waals surface area contributed by atoms with Gasteiger partial charge in [-0.3, -0.25) is 4.79 Å². The highest BCUT2D eigenvalue weighted by Gasteiger charge is 2.22. The smallest absolute Gasteiger partial charge is 0.221 e. The van der Waals surface area contributed by atoms with Crippen LogP contribution < -0.4 is 10.6 Å². The van der Waals surface area contributed by atoms with Crippen molar-refractivity contribution in [2.45, 2.75) is 57.1 Å². The Kier molecular flexibility index (Phi) is 5.26. The van der Waals surface area contributed by atoms with Crippen LogP contribution in [0.5, 0.6) is 0 Å². The van der Waals surface area contributed by atoms with E-state index in [0.717, 1.165) is 32.5 Å². The molecule has 0 aromatic rings. The van der Waals surface area contributed by atoms with E-state index in [-0.39, 0.29) is 5.91 Å². The molecule has 2 N–H and O–H groups in total. The third-order valence-electron chi connectivity index (χ3n) is 3.41. The molecule has 0 saturated heterocycles. The van der Waals surface area contributed by atoms with Gasteiger partial charge in [0.15, 0.2) is 0 Å². The van der Waals surface area contributed by atoms with Crippen molar-refractivity contribution < 1.29 is 9.53 Å². The van der Waals surface area contributed by atoms with E-state index in [4.69, 9.17) is 4.74 Å². The van der Waals surface area contributed by atoms with E-state index >= 15 is 0 Å². The molecule has 2 rings (SSSR count). The molecule has 0 bridgehead atoms. The summed E-state index contributed by atoms with van der Waals surface area (Å²) in [6.45, 7) is 2.38. The van der Waals surface area contributed by atoms with E-state index in [0.29, 0.717) is 18.6 Å². The first-order valence-corrected chi connectivity index (χ1v) is 6.96. The minimum absolute atomic E-state index is 0.178. The number of rotatable bonds is 8. The monoisotopic (exact) mass is 240 g/mol. The highest BCUT2D eigenvalue weighted by atomic mass is 16.5. The second-order valence-electron chi connectivity index (χ2n) is 5.12. The molecule has 0 spiro atoms. The highest BCUT2D eigenvalue weighted by Crippen LogP contribution is 2.20. The predicted octanol–water partition coefficient (Wildman–Crippen LogP) is 1.20. The lowest BCUT2D eigenvalue weighted by molar-refractivity contribution is -0.121. The van der Waals surface area contributed by atoms with E-state index < -0.39 is 0 Å². The van der Waals surface area contributed by atoms with Crippen LogP contribution in [0.2, 0.25) is 0 Å². The normalized spacial score (nSPS) is 20.7. The Labute approximate surface area is 103 Å². The number of amides is 1. The molecule has 2 saturated carbocycles. The minimum atomic E-state index is 0.178. The fourth-order valence-electron chi connectivity index (χ4n) is 2.21. The average Bonchev–Trinajstić information content (AvgIpc) is 2.96. The largest absolute Gasteiger partial charge is 0.377 e. The Bertz CT molecular complexity index is 236. The second-order valence-corrected chi connectivity index (χ2v) is 5.12. The zero-order valence-electron chi connectivity index (χ0n) is 10.5. The highest BCUT2D eigenvalue weighted by molar-refractivity contribution is 5.76. The zero-order chi connectivity index (χ0) is 11.9. The lowest BCUT2D eigenvalue weighted by atomic mass is 10.3. The fraction of sp³-hybridized carbons (Fsp3) is 0.923. The van der Waals surface area contributed by atoms with Crippen LogP contribution in [0.4, 0.5) is 0 Å². The molecule has 4 heteroatoms. The maximum absolute atomic E-state index is 11.4. The molecule has 0 radical (unpaired) electrons. The van der Waals surface area contributed by atoms with E-state index in [9.17, 15) is 4.79 Å². The lowest BCUT2D eigenvalue weighted by Gasteiger charge is -2.11. The topological polar surface area (TPSA) is 50.4 Å². The maximum atomic E-state index is 11.4. The Morgan fingerprint density at radius 2 is 1.88 bits per heavy atom. The standard InChI is InChI=1S/C13H24N2O2/c16-13(15-11-5-6-11)7-8-14-9-10-17-12-3-1-2-4-12/h11-12,14H,1-10H2,(H,15,16). The van der Waals surface area contributed by atoms with Crippen molar-refractivity contribution in [3.63, 3.8) is 0 Å². The van der Waals surface area contributed by atoms with Gasteiger partial charge in [0.25, 0.3) is 0 Å². The van der Waals surface area contributed by atoms with Crippen molar-refractivity contribution in [2.75, 3.05) is 19.7 Å². The third-order valence-corrected chi connectivity index (χ3v) is 3.41. The molecule has 17 heavy (non-hydrogen) atoms. The molecule has 2 aliphatic rings. The SMILES string of the molecule is O=C(CCNCCOC1CCCC1)NC1CC1. The number of hydrogen-bond donors (Lipinski definition) is 2. The number of nitrogens with one attached hydrogen (secondary N) is 2. The predicted molar refractivity (Wildman–Crippen MR) is 66.9 cm³/mol. The van der Waals surface area contributed by atoms with Gasteiger partial charge in [0.2, 0.25) is 5.91 Å². The summed E-state index contributed by atoms with van der Waals surface area (Å²) in [5.41, 5.74) is 0. The summed E-state index contributed by atoms with van der Waals surface area (Å²) in [5.74, 6) is 0.178. The van der Waals surface area contributed by atoms with E-state index in [1.165, 1.54) is 25.7 Å². The van der Waals surface area contributed by atoms with Gasteiger partial charge in [0.05, 0.1) is 12.7 Å². The Morgan fingerprint density at radius 1 is 1.12 bits per heavy atom. The first-order chi connectivity index (χ1) is 8.34. The van der Waals surface area contributed by atoms with Crippen molar-refractivity contribution in [1.29, 1.82) is 0 Å². The number of carbonyl (C=O) groups excluding carboxylic acids is 1. The van der Waals surface area contributed by atoms with Crippen LogP contribution in [0.1, 0.15) is 44.9 Å². The van der Waals surface area contributed by atoms with E-state index in [2.05, 4.69) is 10.6 Å². The van der Waals surface area contributed by atoms with E-state index in [1.807, 2.05) is 0 Å². The summed E-state index contributed by atoms with van der Waals surface area (Å²) in [4.78, 5) is 11.4. The van der Waals surface area contributed by atoms with Crippen LogP contribution in [0.15, 0.2) is 0 Å². The van der Waals surface area contributed by atoms with Crippen molar-refractivity contribution in [3.05, 3.63) is 0 Å². The molecule has 0 aromatic carbocycles. The van der Waals surface area contributed by atoms with Gasteiger partial charge in [-0.1, -0.05) is 12.8 Å². The van der Waals surface area contributed by atoms with Gasteiger partial charge < -0.3 is 15.4 Å². The van der Waals surface area contributed by atoms with Gasteiger partial charge in [0.1, 0.15) is 0 Å². The first-order valence-electron chi connectivity index (χ1n) is 6.96. The third kappa shape index (κ3) is 5.50. The molecule has 2 aliphatic carbocycles. The maximum Gasteiger partial charge on any atom is 0.221 e. The summed E-state index contributed by atoms with van der Waals surface area (Å²) < 4.78 is 5.72. The average molecular weight is 240 g/mol. The summed E-state index contributed by atoms with van der Waals surface area (Å²) in [6, 6.07) is 0.480. The van der Waals surface area contributed by atoms with Gasteiger partial charge >= 0.3 is 0 Å². The van der Waals surface area contributed by atoms with Crippen LogP contribution in [-0.2, 0) is 9.53 Å². The molecule has 0 unspecified atom stereocenters. The summed E-state index contributed by atoms with van der Waals surface area (Å²) in [5, 5.41) is 6.23. The van der Waals surface area contributed by atoms with E-state index in [1.54, 1.807) is 0 Å². The molecule has 0 heterocycles. The number of hydrogen-bond acceptors (Lipinski definition) is 3. The van der Waals surface area contributed by atoms with Crippen LogP contribution in [0.25, 0.3) is 0 Å². The van der Waals surface area contributed by atoms with Crippen molar-refractivity contribution in [1.82, 2.24) is 10.6 Å². The van der Waals surface area contributed by atoms with Gasteiger partial charge in [-0.2, -0.15) is 0 Å². The summed E-state index contributed by atoms with van der Waals surface area (Å²) in [7, 11) is 0. The Morgan fingerprint density at radius 3 is 2.59 bits per heavy atom.